The Balaban J connectivity index is 1.92. The number of ether oxygens (including phenoxy) is 2. The average Bonchev–Trinajstić information content (AvgIpc) is 3.04. The summed E-state index contributed by atoms with van der Waals surface area (Å²) in [5.74, 6) is -1.37. The number of aryl methyl sites for hydroxylation is 1. The fourth-order valence-corrected chi connectivity index (χ4v) is 3.52. The maximum absolute atomic E-state index is 12.6. The Morgan fingerprint density at radius 3 is 2.45 bits per heavy atom. The van der Waals surface area contributed by atoms with Crippen molar-refractivity contribution in [2.45, 2.75) is 25.3 Å². The number of carbonyl (C=O) groups is 2. The number of para-hydroxylation sites is 1. The molecule has 3 aromatic rings. The predicted octanol–water partition coefficient (Wildman–Crippen LogP) is 3.68. The average molecular weight is 416 g/mol. The van der Waals surface area contributed by atoms with E-state index < -0.39 is 21.8 Å². The number of furan rings is 1. The molecule has 0 saturated carbocycles. The van der Waals surface area contributed by atoms with Crippen LogP contribution in [0.1, 0.15) is 39.0 Å². The Labute approximate surface area is 168 Å². The van der Waals surface area contributed by atoms with Crippen molar-refractivity contribution in [2.75, 3.05) is 12.9 Å². The van der Waals surface area contributed by atoms with E-state index in [2.05, 4.69) is 0 Å². The van der Waals surface area contributed by atoms with Gasteiger partial charge < -0.3 is 13.9 Å². The summed E-state index contributed by atoms with van der Waals surface area (Å²) in [6, 6.07) is 11.2. The quantitative estimate of drug-likeness (QED) is 0.565. The molecule has 0 saturated heterocycles. The zero-order valence-corrected chi connectivity index (χ0v) is 17.0. The van der Waals surface area contributed by atoms with Gasteiger partial charge in [-0.05, 0) is 37.6 Å². The van der Waals surface area contributed by atoms with Crippen LogP contribution in [-0.4, -0.2) is 33.2 Å². The summed E-state index contributed by atoms with van der Waals surface area (Å²) in [5.41, 5.74) is 1.57. The van der Waals surface area contributed by atoms with Crippen LogP contribution in [-0.2, 0) is 25.9 Å². The van der Waals surface area contributed by atoms with Gasteiger partial charge in [-0.15, -0.1) is 0 Å². The SMILES string of the molecule is CCOC(=O)c1oc2ccccc2c1COC(=O)c1cc(S(C)(=O)=O)ccc1C. The molecule has 0 fully saturated rings. The summed E-state index contributed by atoms with van der Waals surface area (Å²) >= 11 is 0. The number of sulfone groups is 1. The summed E-state index contributed by atoms with van der Waals surface area (Å²) in [6.07, 6.45) is 1.07. The molecule has 29 heavy (non-hydrogen) atoms. The van der Waals surface area contributed by atoms with Gasteiger partial charge in [-0.2, -0.15) is 0 Å². The van der Waals surface area contributed by atoms with Crippen molar-refractivity contribution in [2.24, 2.45) is 0 Å². The lowest BCUT2D eigenvalue weighted by Crippen LogP contribution is -2.11. The molecule has 0 N–H and O–H groups in total. The molecule has 0 spiro atoms. The first-order valence-electron chi connectivity index (χ1n) is 8.87. The van der Waals surface area contributed by atoms with E-state index in [9.17, 15) is 18.0 Å². The first-order valence-corrected chi connectivity index (χ1v) is 10.8. The van der Waals surface area contributed by atoms with Crippen molar-refractivity contribution in [1.82, 2.24) is 0 Å². The van der Waals surface area contributed by atoms with Crippen molar-refractivity contribution in [3.8, 4) is 0 Å². The lowest BCUT2D eigenvalue weighted by atomic mass is 10.1. The highest BCUT2D eigenvalue weighted by Crippen LogP contribution is 2.28. The molecule has 7 nitrogen and oxygen atoms in total. The molecular formula is C21H20O7S. The molecule has 0 aliphatic rings. The Hall–Kier alpha value is -3.13. The van der Waals surface area contributed by atoms with Crippen LogP contribution in [0, 0.1) is 6.92 Å². The molecule has 0 unspecified atom stereocenters. The van der Waals surface area contributed by atoms with E-state index >= 15 is 0 Å². The van der Waals surface area contributed by atoms with Gasteiger partial charge in [0.1, 0.15) is 12.2 Å². The van der Waals surface area contributed by atoms with Gasteiger partial charge in [0.05, 0.1) is 22.6 Å². The fourth-order valence-electron chi connectivity index (χ4n) is 2.87. The molecule has 1 aromatic heterocycles. The van der Waals surface area contributed by atoms with E-state index in [-0.39, 0.29) is 29.4 Å². The number of rotatable bonds is 6. The van der Waals surface area contributed by atoms with E-state index in [4.69, 9.17) is 13.9 Å². The molecule has 0 bridgehead atoms. The van der Waals surface area contributed by atoms with Gasteiger partial charge in [-0.25, -0.2) is 18.0 Å². The van der Waals surface area contributed by atoms with Gasteiger partial charge >= 0.3 is 11.9 Å². The largest absolute Gasteiger partial charge is 0.460 e. The molecular weight excluding hydrogens is 396 g/mol. The fraction of sp³-hybridized carbons (Fsp3) is 0.238. The minimum Gasteiger partial charge on any atom is -0.460 e. The van der Waals surface area contributed by atoms with Crippen LogP contribution in [0.25, 0.3) is 11.0 Å². The van der Waals surface area contributed by atoms with Gasteiger partial charge in [0, 0.05) is 11.6 Å². The standard InChI is InChI=1S/C21H20O7S/c1-4-26-21(23)19-17(15-7-5-6-8-18(15)28-19)12-27-20(22)16-11-14(29(3,24)25)10-9-13(16)2/h5-11H,4,12H2,1-3H3. The smallest absolute Gasteiger partial charge is 0.374 e. The Kier molecular flexibility index (Phi) is 5.74. The maximum atomic E-state index is 12.6. The van der Waals surface area contributed by atoms with Gasteiger partial charge in [0.2, 0.25) is 5.76 Å². The maximum Gasteiger partial charge on any atom is 0.374 e. The number of hydrogen-bond donors (Lipinski definition) is 0. The summed E-state index contributed by atoms with van der Waals surface area (Å²) < 4.78 is 39.6. The Morgan fingerprint density at radius 1 is 1.03 bits per heavy atom. The zero-order chi connectivity index (χ0) is 21.2. The topological polar surface area (TPSA) is 99.9 Å². The zero-order valence-electron chi connectivity index (χ0n) is 16.2. The molecule has 0 atom stereocenters. The second kappa shape index (κ2) is 8.08. The highest BCUT2D eigenvalue weighted by Gasteiger charge is 2.23. The summed E-state index contributed by atoms with van der Waals surface area (Å²) in [6.45, 7) is 3.30. The summed E-state index contributed by atoms with van der Waals surface area (Å²) in [7, 11) is -3.47. The highest BCUT2D eigenvalue weighted by molar-refractivity contribution is 7.90. The number of fused-ring (bicyclic) bond motifs is 1. The van der Waals surface area contributed by atoms with Crippen molar-refractivity contribution in [3.63, 3.8) is 0 Å². The molecule has 0 aliphatic carbocycles. The van der Waals surface area contributed by atoms with Gasteiger partial charge in [-0.3, -0.25) is 0 Å². The number of carbonyl (C=O) groups excluding carboxylic acids is 2. The second-order valence-corrected chi connectivity index (χ2v) is 8.47. The highest BCUT2D eigenvalue weighted by atomic mass is 32.2. The first kappa shape index (κ1) is 20.6. The first-order chi connectivity index (χ1) is 13.7. The monoisotopic (exact) mass is 416 g/mol. The molecule has 2 aromatic carbocycles. The van der Waals surface area contributed by atoms with E-state index in [1.807, 2.05) is 0 Å². The molecule has 152 valence electrons. The molecule has 8 heteroatoms. The van der Waals surface area contributed by atoms with Crippen LogP contribution in [0.5, 0.6) is 0 Å². The number of benzene rings is 2. The molecule has 1 heterocycles. The van der Waals surface area contributed by atoms with E-state index in [1.165, 1.54) is 12.1 Å². The van der Waals surface area contributed by atoms with Crippen LogP contribution in [0.2, 0.25) is 0 Å². The van der Waals surface area contributed by atoms with Gasteiger partial charge in [0.15, 0.2) is 9.84 Å². The van der Waals surface area contributed by atoms with Crippen molar-refractivity contribution in [3.05, 3.63) is 64.9 Å². The second-order valence-electron chi connectivity index (χ2n) is 6.45. The number of hydrogen-bond acceptors (Lipinski definition) is 7. The third kappa shape index (κ3) is 4.32. The van der Waals surface area contributed by atoms with Crippen molar-refractivity contribution in [1.29, 1.82) is 0 Å². The van der Waals surface area contributed by atoms with Crippen LogP contribution in [0.4, 0.5) is 0 Å². The third-order valence-corrected chi connectivity index (χ3v) is 5.47. The molecule has 3 rings (SSSR count). The molecule has 0 amide bonds. The van der Waals surface area contributed by atoms with E-state index in [0.29, 0.717) is 22.1 Å². The predicted molar refractivity (Wildman–Crippen MR) is 106 cm³/mol. The van der Waals surface area contributed by atoms with Gasteiger partial charge in [-0.1, -0.05) is 24.3 Å². The van der Waals surface area contributed by atoms with Gasteiger partial charge in [0.25, 0.3) is 0 Å². The summed E-state index contributed by atoms with van der Waals surface area (Å²) in [4.78, 5) is 24.9. The van der Waals surface area contributed by atoms with Crippen molar-refractivity contribution >= 4 is 32.7 Å². The van der Waals surface area contributed by atoms with E-state index in [0.717, 1.165) is 6.26 Å². The Morgan fingerprint density at radius 2 is 1.76 bits per heavy atom. The minimum atomic E-state index is -3.47. The van der Waals surface area contributed by atoms with Crippen LogP contribution < -0.4 is 0 Å². The van der Waals surface area contributed by atoms with Crippen molar-refractivity contribution < 1.29 is 31.9 Å². The summed E-state index contributed by atoms with van der Waals surface area (Å²) in [5, 5.41) is 0.630. The van der Waals surface area contributed by atoms with Crippen LogP contribution >= 0.6 is 0 Å². The Bertz CT molecular complexity index is 1190. The lowest BCUT2D eigenvalue weighted by Gasteiger charge is -2.09. The normalized spacial score (nSPS) is 11.4. The molecule has 0 radical (unpaired) electrons. The van der Waals surface area contributed by atoms with Crippen LogP contribution in [0.15, 0.2) is 51.8 Å². The third-order valence-electron chi connectivity index (χ3n) is 4.36. The lowest BCUT2D eigenvalue weighted by molar-refractivity contribution is 0.0434. The minimum absolute atomic E-state index is 0.0241. The van der Waals surface area contributed by atoms with Crippen LogP contribution in [0.3, 0.4) is 0 Å². The van der Waals surface area contributed by atoms with E-state index in [1.54, 1.807) is 44.2 Å². The number of esters is 2. The molecule has 0 aliphatic heterocycles.